The molecule has 0 amide bonds. The molecule has 0 radical (unpaired) electrons. The molecule has 1 aromatic carbocycles. The molecule has 2 rings (SSSR count). The lowest BCUT2D eigenvalue weighted by Crippen LogP contribution is -2.22. The number of allylic oxidation sites excluding steroid dienone is 3. The molecule has 1 heterocycles. The molecule has 0 unspecified atom stereocenters. The highest BCUT2D eigenvalue weighted by molar-refractivity contribution is 5.65. The van der Waals surface area contributed by atoms with Crippen molar-refractivity contribution in [3.63, 3.8) is 0 Å². The number of para-hydroxylation sites is 1. The maximum absolute atomic E-state index is 4.13. The minimum absolute atomic E-state index is 0.801. The maximum atomic E-state index is 4.13. The van der Waals surface area contributed by atoms with Crippen LogP contribution in [0.15, 0.2) is 60.2 Å². The Kier molecular flexibility index (Phi) is 3.69. The predicted molar refractivity (Wildman–Crippen MR) is 78.6 cm³/mol. The van der Waals surface area contributed by atoms with Gasteiger partial charge in [-0.25, -0.2) is 0 Å². The third-order valence-corrected chi connectivity index (χ3v) is 2.91. The van der Waals surface area contributed by atoms with E-state index < -0.39 is 0 Å². The van der Waals surface area contributed by atoms with E-state index in [9.17, 15) is 0 Å². The molecule has 1 aliphatic rings. The molecular formula is C17H17N. The summed E-state index contributed by atoms with van der Waals surface area (Å²) in [7, 11) is 2.07. The molecule has 0 saturated heterocycles. The fraction of sp³-hybridized carbons (Fsp3) is 0.176. The Morgan fingerprint density at radius 1 is 1.28 bits per heavy atom. The van der Waals surface area contributed by atoms with Crippen LogP contribution in [-0.2, 0) is 0 Å². The number of hydrogen-bond donors (Lipinski definition) is 0. The number of likely N-dealkylation sites (N-methyl/N-ethyl adjacent to an activating group) is 1. The van der Waals surface area contributed by atoms with E-state index in [4.69, 9.17) is 0 Å². The van der Waals surface area contributed by atoms with Gasteiger partial charge in [-0.05, 0) is 30.7 Å². The molecule has 18 heavy (non-hydrogen) atoms. The number of hydrogen-bond acceptors (Lipinski definition) is 1. The fourth-order valence-corrected chi connectivity index (χ4v) is 1.94. The van der Waals surface area contributed by atoms with Crippen molar-refractivity contribution in [2.24, 2.45) is 0 Å². The monoisotopic (exact) mass is 235 g/mol. The fourth-order valence-electron chi connectivity index (χ4n) is 1.94. The molecule has 0 atom stereocenters. The summed E-state index contributed by atoms with van der Waals surface area (Å²) < 4.78 is 0. The van der Waals surface area contributed by atoms with Gasteiger partial charge in [0, 0.05) is 24.7 Å². The SMILES string of the molecule is C=C1CN(C)c2ccccc2C#C/C1=C/C=C\C. The van der Waals surface area contributed by atoms with Crippen LogP contribution >= 0.6 is 0 Å². The van der Waals surface area contributed by atoms with E-state index in [0.717, 1.165) is 28.9 Å². The van der Waals surface area contributed by atoms with E-state index >= 15 is 0 Å². The second kappa shape index (κ2) is 5.42. The third kappa shape index (κ3) is 2.55. The zero-order valence-electron chi connectivity index (χ0n) is 10.9. The highest BCUT2D eigenvalue weighted by Crippen LogP contribution is 2.22. The average Bonchev–Trinajstić information content (AvgIpc) is 2.37. The van der Waals surface area contributed by atoms with E-state index in [0.29, 0.717) is 0 Å². The third-order valence-electron chi connectivity index (χ3n) is 2.91. The van der Waals surface area contributed by atoms with Gasteiger partial charge in [-0.1, -0.05) is 42.7 Å². The molecule has 1 aliphatic heterocycles. The molecule has 0 aromatic heterocycles. The van der Waals surface area contributed by atoms with Gasteiger partial charge in [0.05, 0.1) is 5.69 Å². The van der Waals surface area contributed by atoms with Crippen LogP contribution in [0.5, 0.6) is 0 Å². The molecule has 0 aliphatic carbocycles. The van der Waals surface area contributed by atoms with Crippen LogP contribution in [0.2, 0.25) is 0 Å². The molecular weight excluding hydrogens is 218 g/mol. The standard InChI is InChI=1S/C17H17N/c1-4-5-8-15-11-12-16-9-6-7-10-17(16)18(3)13-14(15)2/h4-10H,2,13H2,1,3H3/b5-4-,15-8-. The van der Waals surface area contributed by atoms with E-state index in [1.807, 2.05) is 37.3 Å². The highest BCUT2D eigenvalue weighted by Gasteiger charge is 2.10. The van der Waals surface area contributed by atoms with Crippen molar-refractivity contribution < 1.29 is 0 Å². The van der Waals surface area contributed by atoms with Crippen LogP contribution in [0.1, 0.15) is 12.5 Å². The first-order chi connectivity index (χ1) is 8.72. The van der Waals surface area contributed by atoms with Gasteiger partial charge in [0.1, 0.15) is 0 Å². The molecule has 1 aromatic rings. The van der Waals surface area contributed by atoms with E-state index in [1.165, 1.54) is 0 Å². The van der Waals surface area contributed by atoms with Gasteiger partial charge in [0.2, 0.25) is 0 Å². The van der Waals surface area contributed by atoms with E-state index in [-0.39, 0.29) is 0 Å². The van der Waals surface area contributed by atoms with Crippen molar-refractivity contribution >= 4 is 5.69 Å². The smallest absolute Gasteiger partial charge is 0.0525 e. The second-order valence-corrected chi connectivity index (χ2v) is 4.33. The lowest BCUT2D eigenvalue weighted by molar-refractivity contribution is 0.993. The second-order valence-electron chi connectivity index (χ2n) is 4.33. The number of rotatable bonds is 1. The van der Waals surface area contributed by atoms with Crippen LogP contribution in [0.25, 0.3) is 0 Å². The molecule has 0 N–H and O–H groups in total. The van der Waals surface area contributed by atoms with Crippen LogP contribution in [0.3, 0.4) is 0 Å². The normalized spacial score (nSPS) is 17.1. The lowest BCUT2D eigenvalue weighted by Gasteiger charge is -2.23. The summed E-state index contributed by atoms with van der Waals surface area (Å²) in [6.07, 6.45) is 6.03. The Morgan fingerprint density at radius 3 is 2.83 bits per heavy atom. The van der Waals surface area contributed by atoms with Crippen LogP contribution in [0, 0.1) is 11.8 Å². The van der Waals surface area contributed by atoms with E-state index in [1.54, 1.807) is 0 Å². The Balaban J connectivity index is 2.50. The first kappa shape index (κ1) is 12.3. The van der Waals surface area contributed by atoms with Crippen LogP contribution in [-0.4, -0.2) is 13.6 Å². The van der Waals surface area contributed by atoms with Crippen molar-refractivity contribution in [1.29, 1.82) is 0 Å². The molecule has 0 bridgehead atoms. The summed E-state index contributed by atoms with van der Waals surface area (Å²) in [6, 6.07) is 8.21. The van der Waals surface area contributed by atoms with Crippen molar-refractivity contribution in [3.05, 3.63) is 65.8 Å². The van der Waals surface area contributed by atoms with Gasteiger partial charge in [-0.15, -0.1) is 0 Å². The van der Waals surface area contributed by atoms with Crippen LogP contribution < -0.4 is 4.90 Å². The number of fused-ring (bicyclic) bond motifs is 1. The number of nitrogens with zero attached hydrogens (tertiary/aromatic N) is 1. The summed E-state index contributed by atoms with van der Waals surface area (Å²) in [5.74, 6) is 6.45. The minimum atomic E-state index is 0.801. The van der Waals surface area contributed by atoms with E-state index in [2.05, 4.69) is 42.5 Å². The Labute approximate surface area is 109 Å². The average molecular weight is 235 g/mol. The van der Waals surface area contributed by atoms with Crippen molar-refractivity contribution in [1.82, 2.24) is 0 Å². The largest absolute Gasteiger partial charge is 0.369 e. The Hall–Kier alpha value is -2.20. The van der Waals surface area contributed by atoms with Crippen molar-refractivity contribution in [2.45, 2.75) is 6.92 Å². The summed E-state index contributed by atoms with van der Waals surface area (Å²) in [5.41, 5.74) is 4.29. The summed E-state index contributed by atoms with van der Waals surface area (Å²) in [6.45, 7) is 6.93. The molecule has 1 nitrogen and oxygen atoms in total. The van der Waals surface area contributed by atoms with Crippen molar-refractivity contribution in [3.8, 4) is 11.8 Å². The Morgan fingerprint density at radius 2 is 2.06 bits per heavy atom. The number of benzene rings is 1. The van der Waals surface area contributed by atoms with Crippen LogP contribution in [0.4, 0.5) is 5.69 Å². The molecule has 1 heteroatoms. The van der Waals surface area contributed by atoms with Gasteiger partial charge in [-0.2, -0.15) is 0 Å². The quantitative estimate of drug-likeness (QED) is 0.673. The predicted octanol–water partition coefficient (Wildman–Crippen LogP) is 3.55. The lowest BCUT2D eigenvalue weighted by atomic mass is 10.0. The highest BCUT2D eigenvalue weighted by atomic mass is 15.1. The molecule has 0 spiro atoms. The van der Waals surface area contributed by atoms with Gasteiger partial charge < -0.3 is 4.90 Å². The first-order valence-corrected chi connectivity index (χ1v) is 6.05. The molecule has 90 valence electrons. The first-order valence-electron chi connectivity index (χ1n) is 6.05. The summed E-state index contributed by atoms with van der Waals surface area (Å²) in [5, 5.41) is 0. The maximum Gasteiger partial charge on any atom is 0.0525 e. The Bertz CT molecular complexity index is 579. The number of anilines is 1. The minimum Gasteiger partial charge on any atom is -0.369 e. The van der Waals surface area contributed by atoms with Gasteiger partial charge in [-0.3, -0.25) is 0 Å². The van der Waals surface area contributed by atoms with Crippen molar-refractivity contribution in [2.75, 3.05) is 18.5 Å². The summed E-state index contributed by atoms with van der Waals surface area (Å²) in [4.78, 5) is 2.19. The topological polar surface area (TPSA) is 3.24 Å². The summed E-state index contributed by atoms with van der Waals surface area (Å²) >= 11 is 0. The van der Waals surface area contributed by atoms with Gasteiger partial charge in [0.25, 0.3) is 0 Å². The molecule has 0 saturated carbocycles. The zero-order chi connectivity index (χ0) is 13.0. The molecule has 0 fully saturated rings. The van der Waals surface area contributed by atoms with Gasteiger partial charge >= 0.3 is 0 Å². The van der Waals surface area contributed by atoms with Gasteiger partial charge in [0.15, 0.2) is 0 Å². The zero-order valence-corrected chi connectivity index (χ0v) is 10.9.